The zero-order valence-corrected chi connectivity index (χ0v) is 9.74. The molecule has 0 radical (unpaired) electrons. The minimum Gasteiger partial charge on any atom is -0.399 e. The van der Waals surface area contributed by atoms with Crippen LogP contribution in [0.15, 0.2) is 18.2 Å². The van der Waals surface area contributed by atoms with Crippen molar-refractivity contribution in [3.8, 4) is 0 Å². The van der Waals surface area contributed by atoms with Gasteiger partial charge in [0.25, 0.3) is 0 Å². The lowest BCUT2D eigenvalue weighted by Crippen LogP contribution is -2.25. The lowest BCUT2D eigenvalue weighted by Gasteiger charge is -2.12. The molecule has 0 aliphatic carbocycles. The Bertz CT molecular complexity index is 436. The van der Waals surface area contributed by atoms with Crippen molar-refractivity contribution in [1.29, 1.82) is 0 Å². The molecule has 0 aromatic heterocycles. The molecule has 1 atom stereocenters. The summed E-state index contributed by atoms with van der Waals surface area (Å²) in [6, 6.07) is 4.26. The Hall–Kier alpha value is -1.62. The van der Waals surface area contributed by atoms with Gasteiger partial charge in [0, 0.05) is 12.2 Å². The monoisotopic (exact) mass is 237 g/mol. The number of carbonyl (C=O) groups excluding carboxylic acids is 1. The van der Waals surface area contributed by atoms with Gasteiger partial charge in [0.05, 0.1) is 11.6 Å². The molecular weight excluding hydrogens is 221 g/mol. The van der Waals surface area contributed by atoms with Gasteiger partial charge in [-0.3, -0.25) is 4.79 Å². The maximum atomic E-state index is 13.5. The van der Waals surface area contributed by atoms with E-state index in [1.54, 1.807) is 6.07 Å². The normalized spacial score (nSPS) is 20.5. The molecule has 0 spiro atoms. The van der Waals surface area contributed by atoms with Gasteiger partial charge in [0.2, 0.25) is 5.91 Å². The predicted octanol–water partition coefficient (Wildman–Crippen LogP) is 1.30. The van der Waals surface area contributed by atoms with E-state index >= 15 is 0 Å². The van der Waals surface area contributed by atoms with Gasteiger partial charge in [-0.05, 0) is 38.2 Å². The highest BCUT2D eigenvalue weighted by Crippen LogP contribution is 2.20. The lowest BCUT2D eigenvalue weighted by molar-refractivity contribution is -0.119. The van der Waals surface area contributed by atoms with Crippen molar-refractivity contribution >= 4 is 17.3 Å². The van der Waals surface area contributed by atoms with Crippen molar-refractivity contribution in [2.45, 2.75) is 6.42 Å². The Morgan fingerprint density at radius 3 is 2.94 bits per heavy atom. The molecule has 1 heterocycles. The summed E-state index contributed by atoms with van der Waals surface area (Å²) >= 11 is 0. The highest BCUT2D eigenvalue weighted by molar-refractivity contribution is 5.93. The van der Waals surface area contributed by atoms with Gasteiger partial charge in [0.15, 0.2) is 0 Å². The maximum Gasteiger partial charge on any atom is 0.228 e. The van der Waals surface area contributed by atoms with Crippen LogP contribution >= 0.6 is 0 Å². The van der Waals surface area contributed by atoms with Gasteiger partial charge in [-0.25, -0.2) is 4.39 Å². The summed E-state index contributed by atoms with van der Waals surface area (Å²) < 4.78 is 13.5. The number of rotatable bonds is 2. The summed E-state index contributed by atoms with van der Waals surface area (Å²) in [5.41, 5.74) is 5.98. The summed E-state index contributed by atoms with van der Waals surface area (Å²) in [5.74, 6) is -0.681. The van der Waals surface area contributed by atoms with Gasteiger partial charge in [-0.2, -0.15) is 0 Å². The third-order valence-corrected chi connectivity index (χ3v) is 3.01. The number of amides is 1. The van der Waals surface area contributed by atoms with Crippen LogP contribution in [-0.4, -0.2) is 30.9 Å². The molecule has 1 amide bonds. The molecule has 17 heavy (non-hydrogen) atoms. The Balaban J connectivity index is 2.03. The molecular formula is C12H16FN3O. The molecule has 1 saturated heterocycles. The second-order valence-corrected chi connectivity index (χ2v) is 4.48. The number of nitrogen functional groups attached to an aromatic ring is 1. The SMILES string of the molecule is CN1CCC(C(=O)Nc2ccc(N)cc2F)C1. The quantitative estimate of drug-likeness (QED) is 0.762. The largest absolute Gasteiger partial charge is 0.399 e. The molecule has 1 aromatic carbocycles. The number of nitrogens with one attached hydrogen (secondary N) is 1. The van der Waals surface area contributed by atoms with Crippen LogP contribution in [-0.2, 0) is 4.79 Å². The van der Waals surface area contributed by atoms with Crippen LogP contribution in [0.1, 0.15) is 6.42 Å². The molecule has 4 nitrogen and oxygen atoms in total. The summed E-state index contributed by atoms with van der Waals surface area (Å²) in [4.78, 5) is 13.9. The smallest absolute Gasteiger partial charge is 0.228 e. The van der Waals surface area contributed by atoms with Crippen LogP contribution in [0.3, 0.4) is 0 Å². The van der Waals surface area contributed by atoms with Crippen LogP contribution in [0.4, 0.5) is 15.8 Å². The topological polar surface area (TPSA) is 58.4 Å². The predicted molar refractivity (Wildman–Crippen MR) is 65.0 cm³/mol. The fourth-order valence-electron chi connectivity index (χ4n) is 2.02. The molecule has 5 heteroatoms. The Morgan fingerprint density at radius 1 is 1.59 bits per heavy atom. The van der Waals surface area contributed by atoms with E-state index < -0.39 is 5.82 Å². The number of likely N-dealkylation sites (tertiary alicyclic amines) is 1. The molecule has 1 aromatic rings. The zero-order chi connectivity index (χ0) is 12.4. The highest BCUT2D eigenvalue weighted by atomic mass is 19.1. The fraction of sp³-hybridized carbons (Fsp3) is 0.417. The van der Waals surface area contributed by atoms with E-state index in [0.717, 1.165) is 19.5 Å². The van der Waals surface area contributed by atoms with Gasteiger partial charge in [-0.1, -0.05) is 0 Å². The summed E-state index contributed by atoms with van der Waals surface area (Å²) in [6.07, 6.45) is 0.818. The molecule has 0 bridgehead atoms. The van der Waals surface area contributed by atoms with Crippen LogP contribution < -0.4 is 11.1 Å². The van der Waals surface area contributed by atoms with Crippen LogP contribution in [0.25, 0.3) is 0 Å². The number of anilines is 2. The maximum absolute atomic E-state index is 13.5. The van der Waals surface area contributed by atoms with Crippen LogP contribution in [0.5, 0.6) is 0 Å². The van der Waals surface area contributed by atoms with E-state index in [1.807, 2.05) is 7.05 Å². The molecule has 1 aliphatic heterocycles. The second-order valence-electron chi connectivity index (χ2n) is 4.48. The molecule has 1 unspecified atom stereocenters. The van der Waals surface area contributed by atoms with Crippen molar-refractivity contribution in [1.82, 2.24) is 4.90 Å². The Labute approximate surface area is 99.6 Å². The molecule has 2 rings (SSSR count). The van der Waals surface area contributed by atoms with E-state index in [9.17, 15) is 9.18 Å². The Morgan fingerprint density at radius 2 is 2.35 bits per heavy atom. The minimum absolute atomic E-state index is 0.0584. The number of carbonyl (C=O) groups is 1. The number of nitrogens with two attached hydrogens (primary N) is 1. The first-order valence-corrected chi connectivity index (χ1v) is 5.60. The third kappa shape index (κ3) is 2.74. The summed E-state index contributed by atoms with van der Waals surface area (Å²) in [5, 5.41) is 2.60. The number of nitrogens with zero attached hydrogens (tertiary/aromatic N) is 1. The molecule has 3 N–H and O–H groups in total. The van der Waals surface area contributed by atoms with Crippen molar-refractivity contribution in [2.75, 3.05) is 31.2 Å². The van der Waals surface area contributed by atoms with Gasteiger partial charge >= 0.3 is 0 Å². The van der Waals surface area contributed by atoms with Crippen molar-refractivity contribution in [2.24, 2.45) is 5.92 Å². The number of halogens is 1. The number of hydrogen-bond donors (Lipinski definition) is 2. The Kier molecular flexibility index (Phi) is 3.28. The number of hydrogen-bond acceptors (Lipinski definition) is 3. The third-order valence-electron chi connectivity index (χ3n) is 3.01. The van der Waals surface area contributed by atoms with E-state index in [2.05, 4.69) is 10.2 Å². The van der Waals surface area contributed by atoms with E-state index in [-0.39, 0.29) is 17.5 Å². The van der Waals surface area contributed by atoms with Gasteiger partial charge in [0.1, 0.15) is 5.82 Å². The van der Waals surface area contributed by atoms with E-state index in [0.29, 0.717) is 5.69 Å². The van der Waals surface area contributed by atoms with Crippen molar-refractivity contribution in [3.63, 3.8) is 0 Å². The van der Waals surface area contributed by atoms with Crippen molar-refractivity contribution in [3.05, 3.63) is 24.0 Å². The van der Waals surface area contributed by atoms with Crippen LogP contribution in [0.2, 0.25) is 0 Å². The average Bonchev–Trinajstić information content (AvgIpc) is 2.69. The van der Waals surface area contributed by atoms with Gasteiger partial charge in [-0.15, -0.1) is 0 Å². The van der Waals surface area contributed by atoms with Gasteiger partial charge < -0.3 is 16.0 Å². The lowest BCUT2D eigenvalue weighted by atomic mass is 10.1. The minimum atomic E-state index is -0.496. The average molecular weight is 237 g/mol. The molecule has 1 fully saturated rings. The molecule has 92 valence electrons. The first kappa shape index (κ1) is 11.9. The standard InChI is InChI=1S/C12H16FN3O/c1-16-5-4-8(7-16)12(17)15-11-3-2-9(14)6-10(11)13/h2-3,6,8H,4-5,7,14H2,1H3,(H,15,17). The van der Waals surface area contributed by atoms with E-state index in [4.69, 9.17) is 5.73 Å². The zero-order valence-electron chi connectivity index (χ0n) is 9.74. The second kappa shape index (κ2) is 4.71. The van der Waals surface area contributed by atoms with E-state index in [1.165, 1.54) is 12.1 Å². The van der Waals surface area contributed by atoms with Crippen LogP contribution in [0, 0.1) is 11.7 Å². The fourth-order valence-corrected chi connectivity index (χ4v) is 2.02. The highest BCUT2D eigenvalue weighted by Gasteiger charge is 2.26. The number of benzene rings is 1. The molecule has 0 saturated carbocycles. The summed E-state index contributed by atoms with van der Waals surface area (Å²) in [7, 11) is 1.97. The van der Waals surface area contributed by atoms with Crippen molar-refractivity contribution < 1.29 is 9.18 Å². The summed E-state index contributed by atoms with van der Waals surface area (Å²) in [6.45, 7) is 1.63. The molecule has 1 aliphatic rings. The first-order valence-electron chi connectivity index (χ1n) is 5.60. The first-order chi connectivity index (χ1) is 8.06.